The molecule has 2 aromatic rings. The van der Waals surface area contributed by atoms with Crippen molar-refractivity contribution in [3.63, 3.8) is 0 Å². The highest BCUT2D eigenvalue weighted by Crippen LogP contribution is 2.66. The molecule has 7 nitrogen and oxygen atoms in total. The summed E-state index contributed by atoms with van der Waals surface area (Å²) in [5, 5.41) is 11.5. The van der Waals surface area contributed by atoms with Crippen molar-refractivity contribution in [2.45, 2.75) is 41.7 Å². The number of nitrogens with zero attached hydrogens (tertiary/aromatic N) is 3. The summed E-state index contributed by atoms with van der Waals surface area (Å²) in [5.74, 6) is -1.28. The van der Waals surface area contributed by atoms with Crippen LogP contribution in [0.25, 0.3) is 10.8 Å². The van der Waals surface area contributed by atoms with Crippen LogP contribution in [0.3, 0.4) is 0 Å². The number of amides is 3. The monoisotopic (exact) mass is 547 g/mol. The maximum absolute atomic E-state index is 14.6. The number of likely N-dealkylation sites (tertiary alicyclic amines) is 1. The highest BCUT2D eigenvalue weighted by atomic mass is 32.2. The minimum Gasteiger partial charge on any atom is -0.396 e. The van der Waals surface area contributed by atoms with Crippen LogP contribution in [0.15, 0.2) is 67.8 Å². The van der Waals surface area contributed by atoms with Gasteiger partial charge in [-0.2, -0.15) is 0 Å². The molecule has 0 aromatic heterocycles. The summed E-state index contributed by atoms with van der Waals surface area (Å²) in [6, 6.07) is 13.3. The number of hydrogen-bond acceptors (Lipinski definition) is 5. The predicted octanol–water partition coefficient (Wildman–Crippen LogP) is 3.87. The Bertz CT molecular complexity index is 1300. The van der Waals surface area contributed by atoms with E-state index in [1.54, 1.807) is 45.7 Å². The van der Waals surface area contributed by atoms with Crippen LogP contribution in [0.2, 0.25) is 0 Å². The molecule has 39 heavy (non-hydrogen) atoms. The van der Waals surface area contributed by atoms with Crippen molar-refractivity contribution in [1.29, 1.82) is 0 Å². The molecule has 3 fully saturated rings. The van der Waals surface area contributed by atoms with Crippen LogP contribution in [-0.4, -0.2) is 82.0 Å². The van der Waals surface area contributed by atoms with E-state index < -0.39 is 22.6 Å². The molecule has 3 amide bonds. The first-order valence-corrected chi connectivity index (χ1v) is 14.6. The Balaban J connectivity index is 1.55. The number of fused-ring (bicyclic) bond motifs is 2. The smallest absolute Gasteiger partial charge is 0.251 e. The van der Waals surface area contributed by atoms with Crippen molar-refractivity contribution >= 4 is 45.9 Å². The van der Waals surface area contributed by atoms with Gasteiger partial charge in [-0.25, -0.2) is 0 Å². The Hall–Kier alpha value is -3.10. The van der Waals surface area contributed by atoms with Gasteiger partial charge in [-0.15, -0.1) is 24.9 Å². The molecular weight excluding hydrogens is 510 g/mol. The van der Waals surface area contributed by atoms with E-state index in [4.69, 9.17) is 0 Å². The number of anilines is 1. The van der Waals surface area contributed by atoms with Gasteiger partial charge in [-0.1, -0.05) is 42.5 Å². The summed E-state index contributed by atoms with van der Waals surface area (Å²) in [4.78, 5) is 47.4. The lowest BCUT2D eigenvalue weighted by molar-refractivity contribution is -0.143. The zero-order valence-corrected chi connectivity index (χ0v) is 23.3. The van der Waals surface area contributed by atoms with Crippen LogP contribution >= 0.6 is 11.8 Å². The van der Waals surface area contributed by atoms with Crippen LogP contribution in [0.1, 0.15) is 25.7 Å². The molecular formula is C31H37N3O4S. The van der Waals surface area contributed by atoms with Crippen molar-refractivity contribution in [2.24, 2.45) is 11.8 Å². The molecule has 1 spiro atoms. The molecule has 3 saturated heterocycles. The number of aliphatic hydroxyl groups is 1. The standard InChI is InChI=1S/C31H37N3O4S/c1-4-16-32(3)28(36)25-24-14-15-31(39-24)26(25)29(37)34(18-8-9-19-35)27(31)30(38)33(17-5-2)23-13-12-21-10-6-7-11-22(21)20-23/h4-7,10-13,20,24-27,35H,1-2,8-9,14-19H2,3H3/t24-,25+,26+,27?,31?/m1/s1. The average Bonchev–Trinajstić information content (AvgIpc) is 3.58. The molecule has 3 aliphatic heterocycles. The lowest BCUT2D eigenvalue weighted by atomic mass is 9.70. The molecule has 206 valence electrons. The van der Waals surface area contributed by atoms with Crippen LogP contribution in [-0.2, 0) is 14.4 Å². The Morgan fingerprint density at radius 3 is 2.56 bits per heavy atom. The first-order valence-electron chi connectivity index (χ1n) is 13.7. The minimum absolute atomic E-state index is 0.0159. The normalized spacial score (nSPS) is 27.0. The highest BCUT2D eigenvalue weighted by Gasteiger charge is 2.73. The molecule has 2 aromatic carbocycles. The number of rotatable bonds is 11. The van der Waals surface area contributed by atoms with Crippen molar-refractivity contribution in [3.8, 4) is 0 Å². The number of carbonyl (C=O) groups is 3. The number of likely N-dealkylation sites (N-methyl/N-ethyl adjacent to an activating group) is 1. The van der Waals surface area contributed by atoms with Crippen molar-refractivity contribution < 1.29 is 19.5 Å². The van der Waals surface area contributed by atoms with E-state index in [1.165, 1.54) is 0 Å². The summed E-state index contributed by atoms with van der Waals surface area (Å²) < 4.78 is -0.649. The Morgan fingerprint density at radius 1 is 1.10 bits per heavy atom. The van der Waals surface area contributed by atoms with Gasteiger partial charge < -0.3 is 19.8 Å². The number of benzene rings is 2. The number of carbonyl (C=O) groups excluding carboxylic acids is 3. The lowest BCUT2D eigenvalue weighted by Gasteiger charge is -2.37. The molecule has 0 saturated carbocycles. The van der Waals surface area contributed by atoms with Gasteiger partial charge in [0.15, 0.2) is 0 Å². The molecule has 5 rings (SSSR count). The molecule has 8 heteroatoms. The van der Waals surface area contributed by atoms with Gasteiger partial charge in [0.05, 0.1) is 16.6 Å². The third kappa shape index (κ3) is 4.57. The van der Waals surface area contributed by atoms with E-state index in [0.29, 0.717) is 32.5 Å². The molecule has 2 unspecified atom stereocenters. The first kappa shape index (κ1) is 27.5. The van der Waals surface area contributed by atoms with Gasteiger partial charge >= 0.3 is 0 Å². The maximum Gasteiger partial charge on any atom is 0.251 e. The molecule has 1 N–H and O–H groups in total. The largest absolute Gasteiger partial charge is 0.396 e. The fourth-order valence-corrected chi connectivity index (χ4v) is 9.04. The topological polar surface area (TPSA) is 81.2 Å². The third-order valence-corrected chi connectivity index (χ3v) is 10.5. The van der Waals surface area contributed by atoms with Gasteiger partial charge in [-0.05, 0) is 48.6 Å². The number of hydrogen-bond donors (Lipinski definition) is 1. The van der Waals surface area contributed by atoms with Gasteiger partial charge in [0.2, 0.25) is 11.8 Å². The summed E-state index contributed by atoms with van der Waals surface area (Å²) in [5.41, 5.74) is 0.761. The fraction of sp³-hybridized carbons (Fsp3) is 0.452. The summed E-state index contributed by atoms with van der Waals surface area (Å²) in [6.45, 7) is 8.80. The molecule has 3 aliphatic rings. The zero-order valence-electron chi connectivity index (χ0n) is 22.5. The molecule has 0 aliphatic carbocycles. The van der Waals surface area contributed by atoms with Crippen LogP contribution in [0, 0.1) is 11.8 Å². The Labute approximate surface area is 234 Å². The SMILES string of the molecule is C=CCN(C)C(=O)[C@@H]1[C@H]2C(=O)N(CCCCO)C(C(=O)N(CC=C)c3ccc4ccccc4c3)C23CC[C@H]1S3. The minimum atomic E-state index is -0.683. The average molecular weight is 548 g/mol. The number of thioether (sulfide) groups is 1. The maximum atomic E-state index is 14.6. The second kappa shape index (κ2) is 11.2. The van der Waals surface area contributed by atoms with Gasteiger partial charge in [0.1, 0.15) is 6.04 Å². The summed E-state index contributed by atoms with van der Waals surface area (Å²) in [7, 11) is 1.75. The molecule has 5 atom stereocenters. The quantitative estimate of drug-likeness (QED) is 0.341. The summed E-state index contributed by atoms with van der Waals surface area (Å²) >= 11 is 1.68. The predicted molar refractivity (Wildman–Crippen MR) is 156 cm³/mol. The molecule has 2 bridgehead atoms. The van der Waals surface area contributed by atoms with Crippen LogP contribution < -0.4 is 4.90 Å². The molecule has 3 heterocycles. The van der Waals surface area contributed by atoms with Crippen molar-refractivity contribution in [1.82, 2.24) is 9.80 Å². The van der Waals surface area contributed by atoms with Gasteiger partial charge in [0, 0.05) is 44.2 Å². The van der Waals surface area contributed by atoms with Gasteiger partial charge in [0.25, 0.3) is 5.91 Å². The Morgan fingerprint density at radius 2 is 1.85 bits per heavy atom. The summed E-state index contributed by atoms with van der Waals surface area (Å²) in [6.07, 6.45) is 6.07. The highest BCUT2D eigenvalue weighted by molar-refractivity contribution is 8.02. The van der Waals surface area contributed by atoms with Gasteiger partial charge in [-0.3, -0.25) is 14.4 Å². The van der Waals surface area contributed by atoms with E-state index in [1.807, 2.05) is 42.5 Å². The third-order valence-electron chi connectivity index (χ3n) is 8.53. The zero-order chi connectivity index (χ0) is 27.7. The first-order chi connectivity index (χ1) is 18.9. The number of aliphatic hydroxyl groups excluding tert-OH is 1. The van der Waals surface area contributed by atoms with Crippen LogP contribution in [0.4, 0.5) is 5.69 Å². The Kier molecular flexibility index (Phi) is 7.87. The fourth-order valence-electron chi connectivity index (χ4n) is 6.83. The van der Waals surface area contributed by atoms with Crippen molar-refractivity contribution in [2.75, 3.05) is 38.2 Å². The second-order valence-corrected chi connectivity index (χ2v) is 12.4. The van der Waals surface area contributed by atoms with E-state index in [9.17, 15) is 19.5 Å². The van der Waals surface area contributed by atoms with E-state index in [-0.39, 0.29) is 29.6 Å². The second-order valence-electron chi connectivity index (χ2n) is 10.8. The molecule has 0 radical (unpaired) electrons. The lowest BCUT2D eigenvalue weighted by Crippen LogP contribution is -2.55. The van der Waals surface area contributed by atoms with Crippen LogP contribution in [0.5, 0.6) is 0 Å². The van der Waals surface area contributed by atoms with E-state index in [2.05, 4.69) is 13.2 Å². The number of unbranched alkanes of at least 4 members (excludes halogenated alkanes) is 1. The van der Waals surface area contributed by atoms with E-state index >= 15 is 0 Å². The van der Waals surface area contributed by atoms with Crippen molar-refractivity contribution in [3.05, 3.63) is 67.8 Å². The van der Waals surface area contributed by atoms with E-state index in [0.717, 1.165) is 29.3 Å².